The standard InChI is InChI=1S/C31H43N7OS/c1-2-40-29-22(4-3-9-33-29)17-35-30-36-18-25(15-32)28(38-30)37-19-31-12-21-10-23(13-31)27(24(11-21)14-31)34-16-20-5-7-26(39)8-6-20/h3-4,9,18,20-21,23-24,26-27,34,39H,2,5-8,10-14,16-17,19H2,1H3,(H2,35,36,37,38). The van der Waals surface area contributed by atoms with Gasteiger partial charge in [0, 0.05) is 30.9 Å². The SMILES string of the molecule is CCSc1ncccc1CNc1ncc(C#N)c(NCC23CC4CC(C2)C(NCC2CCC(O)CC2)C(C4)C3)n1. The summed E-state index contributed by atoms with van der Waals surface area (Å²) in [7, 11) is 0. The molecule has 0 aromatic carbocycles. The normalized spacial score (nSPS) is 32.5. The van der Waals surface area contributed by atoms with E-state index in [0.29, 0.717) is 29.9 Å². The summed E-state index contributed by atoms with van der Waals surface area (Å²) in [4.78, 5) is 13.7. The van der Waals surface area contributed by atoms with Gasteiger partial charge in [0.15, 0.2) is 0 Å². The highest BCUT2D eigenvalue weighted by Gasteiger charge is 2.55. The van der Waals surface area contributed by atoms with Gasteiger partial charge in [0.05, 0.1) is 12.3 Å². The van der Waals surface area contributed by atoms with Gasteiger partial charge in [0.2, 0.25) is 5.95 Å². The second-order valence-electron chi connectivity index (χ2n) is 12.8. The predicted molar refractivity (Wildman–Crippen MR) is 159 cm³/mol. The number of nitrogens with zero attached hydrogens (tertiary/aromatic N) is 4. The van der Waals surface area contributed by atoms with Gasteiger partial charge in [-0.1, -0.05) is 13.0 Å². The summed E-state index contributed by atoms with van der Waals surface area (Å²) in [5.41, 5.74) is 1.90. The van der Waals surface area contributed by atoms with Crippen LogP contribution in [0.1, 0.15) is 75.8 Å². The second-order valence-corrected chi connectivity index (χ2v) is 14.0. The molecule has 2 heterocycles. The van der Waals surface area contributed by atoms with Crippen molar-refractivity contribution in [2.24, 2.45) is 29.1 Å². The Labute approximate surface area is 242 Å². The van der Waals surface area contributed by atoms with Gasteiger partial charge >= 0.3 is 0 Å². The number of anilines is 2. The lowest BCUT2D eigenvalue weighted by Crippen LogP contribution is -2.60. The first-order valence-electron chi connectivity index (χ1n) is 15.3. The molecule has 4 bridgehead atoms. The van der Waals surface area contributed by atoms with Gasteiger partial charge in [-0.25, -0.2) is 9.97 Å². The molecule has 5 saturated carbocycles. The van der Waals surface area contributed by atoms with Crippen LogP contribution in [0, 0.1) is 40.4 Å². The average Bonchev–Trinajstić information content (AvgIpc) is 2.96. The minimum absolute atomic E-state index is 0.0769. The smallest absolute Gasteiger partial charge is 0.224 e. The minimum Gasteiger partial charge on any atom is -0.393 e. The van der Waals surface area contributed by atoms with Crippen LogP contribution >= 0.6 is 11.8 Å². The summed E-state index contributed by atoms with van der Waals surface area (Å²) in [5.74, 6) is 5.18. The molecule has 0 spiro atoms. The molecule has 0 radical (unpaired) electrons. The first-order valence-corrected chi connectivity index (χ1v) is 16.3. The molecule has 0 amide bonds. The molecule has 8 nitrogen and oxygen atoms in total. The van der Waals surface area contributed by atoms with E-state index in [9.17, 15) is 10.4 Å². The third kappa shape index (κ3) is 6.09. The van der Waals surface area contributed by atoms with Crippen LogP contribution in [0.15, 0.2) is 29.6 Å². The van der Waals surface area contributed by atoms with E-state index >= 15 is 0 Å². The zero-order valence-electron chi connectivity index (χ0n) is 23.6. The van der Waals surface area contributed by atoms with Crippen LogP contribution in [-0.2, 0) is 6.54 Å². The van der Waals surface area contributed by atoms with E-state index in [4.69, 9.17) is 4.98 Å². The molecule has 0 aliphatic heterocycles. The number of thioether (sulfide) groups is 1. The lowest BCUT2D eigenvalue weighted by atomic mass is 9.48. The molecule has 5 aliphatic rings. The molecule has 0 saturated heterocycles. The Morgan fingerprint density at radius 3 is 2.65 bits per heavy atom. The van der Waals surface area contributed by atoms with Crippen molar-refractivity contribution >= 4 is 23.5 Å². The number of hydrogen-bond acceptors (Lipinski definition) is 9. The van der Waals surface area contributed by atoms with Crippen LogP contribution in [-0.4, -0.2) is 51.0 Å². The van der Waals surface area contributed by atoms with E-state index in [1.807, 2.05) is 12.3 Å². The van der Waals surface area contributed by atoms with Gasteiger partial charge in [0.25, 0.3) is 0 Å². The molecule has 5 fully saturated rings. The quantitative estimate of drug-likeness (QED) is 0.274. The number of aliphatic hydroxyl groups is 1. The second kappa shape index (κ2) is 12.2. The lowest BCUT2D eigenvalue weighted by Gasteiger charge is -2.60. The topological polar surface area (TPSA) is 119 Å². The van der Waals surface area contributed by atoms with Crippen molar-refractivity contribution in [1.29, 1.82) is 5.26 Å². The van der Waals surface area contributed by atoms with Crippen molar-refractivity contribution < 1.29 is 5.11 Å². The number of rotatable bonds is 11. The van der Waals surface area contributed by atoms with E-state index < -0.39 is 0 Å². The fraction of sp³-hybridized carbons (Fsp3) is 0.677. The Kier molecular flexibility index (Phi) is 8.47. The van der Waals surface area contributed by atoms with Crippen LogP contribution in [0.2, 0.25) is 0 Å². The summed E-state index contributed by atoms with van der Waals surface area (Å²) in [6.07, 6.45) is 14.1. The number of aliphatic hydroxyl groups excluding tert-OH is 1. The molecule has 2 aromatic heterocycles. The van der Waals surface area contributed by atoms with Crippen LogP contribution in [0.4, 0.5) is 11.8 Å². The van der Waals surface area contributed by atoms with Crippen molar-refractivity contribution in [3.05, 3.63) is 35.7 Å². The number of nitriles is 1. The van der Waals surface area contributed by atoms with Crippen molar-refractivity contribution in [3.8, 4) is 6.07 Å². The number of aromatic nitrogens is 3. The van der Waals surface area contributed by atoms with E-state index in [-0.39, 0.29) is 11.5 Å². The fourth-order valence-electron chi connectivity index (χ4n) is 8.35. The third-order valence-electron chi connectivity index (χ3n) is 9.97. The maximum absolute atomic E-state index is 9.86. The lowest BCUT2D eigenvalue weighted by molar-refractivity contribution is -0.0704. The van der Waals surface area contributed by atoms with Gasteiger partial charge in [-0.05, 0) is 105 Å². The highest BCUT2D eigenvalue weighted by atomic mass is 32.2. The number of nitrogens with one attached hydrogen (secondary N) is 3. The van der Waals surface area contributed by atoms with E-state index in [2.05, 4.69) is 45.0 Å². The summed E-state index contributed by atoms with van der Waals surface area (Å²) >= 11 is 1.73. The molecule has 2 unspecified atom stereocenters. The zero-order valence-corrected chi connectivity index (χ0v) is 24.4. The van der Waals surface area contributed by atoms with Crippen LogP contribution in [0.3, 0.4) is 0 Å². The molecule has 40 heavy (non-hydrogen) atoms. The van der Waals surface area contributed by atoms with Crippen LogP contribution in [0.25, 0.3) is 0 Å². The van der Waals surface area contributed by atoms with Crippen LogP contribution < -0.4 is 16.0 Å². The summed E-state index contributed by atoms with van der Waals surface area (Å²) in [6.45, 7) is 4.70. The molecular formula is C31H43N7OS. The Balaban J connectivity index is 1.08. The Bertz CT molecular complexity index is 1190. The number of pyridine rings is 1. The molecule has 2 aromatic rings. The first kappa shape index (κ1) is 27.7. The molecule has 214 valence electrons. The average molecular weight is 562 g/mol. The fourth-order valence-corrected chi connectivity index (χ4v) is 9.08. The highest BCUT2D eigenvalue weighted by molar-refractivity contribution is 7.99. The van der Waals surface area contributed by atoms with E-state index in [1.54, 1.807) is 18.0 Å². The zero-order chi connectivity index (χ0) is 27.5. The third-order valence-corrected chi connectivity index (χ3v) is 10.9. The van der Waals surface area contributed by atoms with Gasteiger partial charge in [-0.3, -0.25) is 0 Å². The van der Waals surface area contributed by atoms with Crippen molar-refractivity contribution in [2.75, 3.05) is 29.5 Å². The van der Waals surface area contributed by atoms with Gasteiger partial charge in [0.1, 0.15) is 22.5 Å². The summed E-state index contributed by atoms with van der Waals surface area (Å²) < 4.78 is 0. The molecular weight excluding hydrogens is 518 g/mol. The van der Waals surface area contributed by atoms with Gasteiger partial charge in [-0.2, -0.15) is 10.2 Å². The Morgan fingerprint density at radius 2 is 1.90 bits per heavy atom. The maximum Gasteiger partial charge on any atom is 0.224 e. The monoisotopic (exact) mass is 561 g/mol. The predicted octanol–water partition coefficient (Wildman–Crippen LogP) is 5.21. The van der Waals surface area contributed by atoms with Gasteiger partial charge < -0.3 is 21.1 Å². The molecule has 5 aliphatic carbocycles. The van der Waals surface area contributed by atoms with Crippen molar-refractivity contribution in [3.63, 3.8) is 0 Å². The van der Waals surface area contributed by atoms with Crippen molar-refractivity contribution in [1.82, 2.24) is 20.3 Å². The molecule has 4 N–H and O–H groups in total. The Hall–Kier alpha value is -2.41. The first-order chi connectivity index (χ1) is 19.5. The van der Waals surface area contributed by atoms with Crippen molar-refractivity contribution in [2.45, 2.75) is 88.4 Å². The summed E-state index contributed by atoms with van der Waals surface area (Å²) in [5, 5.41) is 31.6. The molecule has 9 heteroatoms. The largest absolute Gasteiger partial charge is 0.393 e. The van der Waals surface area contributed by atoms with E-state index in [0.717, 1.165) is 78.8 Å². The molecule has 2 atom stereocenters. The minimum atomic E-state index is -0.0769. The van der Waals surface area contributed by atoms with E-state index in [1.165, 1.54) is 32.1 Å². The Morgan fingerprint density at radius 1 is 1.10 bits per heavy atom. The summed E-state index contributed by atoms with van der Waals surface area (Å²) in [6, 6.07) is 6.96. The molecule has 7 rings (SSSR count). The number of hydrogen-bond donors (Lipinski definition) is 4. The van der Waals surface area contributed by atoms with Crippen LogP contribution in [0.5, 0.6) is 0 Å². The maximum atomic E-state index is 9.86. The van der Waals surface area contributed by atoms with Gasteiger partial charge in [-0.15, -0.1) is 11.8 Å². The highest BCUT2D eigenvalue weighted by Crippen LogP contribution is 2.60.